The van der Waals surface area contributed by atoms with Gasteiger partial charge >= 0.3 is 6.03 Å². The molecule has 1 aliphatic heterocycles. The Labute approximate surface area is 197 Å². The molecule has 1 atom stereocenters. The SMILES string of the molecule is CC(C)(C)NC(=O)NC1CCN(c2ccccc2C(=O)N[C@H]2CCCc3ccccc32)CC1. The number of carbonyl (C=O) groups is 2. The highest BCUT2D eigenvalue weighted by Gasteiger charge is 2.27. The lowest BCUT2D eigenvalue weighted by molar-refractivity contribution is 0.0933. The quantitative estimate of drug-likeness (QED) is 0.642. The summed E-state index contributed by atoms with van der Waals surface area (Å²) in [5.41, 5.74) is 4.02. The Morgan fingerprint density at radius 3 is 2.36 bits per heavy atom. The molecule has 6 nitrogen and oxygen atoms in total. The van der Waals surface area contributed by atoms with Crippen molar-refractivity contribution in [3.63, 3.8) is 0 Å². The van der Waals surface area contributed by atoms with Crippen molar-refractivity contribution in [2.45, 2.75) is 70.5 Å². The number of carbonyl (C=O) groups excluding carboxylic acids is 2. The first-order chi connectivity index (χ1) is 15.8. The van der Waals surface area contributed by atoms with Gasteiger partial charge in [0.2, 0.25) is 0 Å². The Balaban J connectivity index is 1.39. The van der Waals surface area contributed by atoms with E-state index < -0.39 is 0 Å². The maximum absolute atomic E-state index is 13.3. The molecule has 0 bridgehead atoms. The van der Waals surface area contributed by atoms with Crippen molar-refractivity contribution in [1.82, 2.24) is 16.0 Å². The summed E-state index contributed by atoms with van der Waals surface area (Å²) in [5.74, 6) is -0.0166. The van der Waals surface area contributed by atoms with Crippen molar-refractivity contribution >= 4 is 17.6 Å². The van der Waals surface area contributed by atoms with Crippen molar-refractivity contribution in [1.29, 1.82) is 0 Å². The normalized spacial score (nSPS) is 18.9. The second-order valence-corrected chi connectivity index (χ2v) is 10.2. The molecule has 2 aliphatic rings. The van der Waals surface area contributed by atoms with Gasteiger partial charge in [-0.2, -0.15) is 0 Å². The average Bonchev–Trinajstić information content (AvgIpc) is 2.78. The molecule has 1 heterocycles. The summed E-state index contributed by atoms with van der Waals surface area (Å²) in [6, 6.07) is 16.4. The molecular weight excluding hydrogens is 412 g/mol. The van der Waals surface area contributed by atoms with Gasteiger partial charge in [0.1, 0.15) is 0 Å². The number of fused-ring (bicyclic) bond motifs is 1. The van der Waals surface area contributed by atoms with Crippen LogP contribution in [0.4, 0.5) is 10.5 Å². The number of piperidine rings is 1. The van der Waals surface area contributed by atoms with Gasteiger partial charge < -0.3 is 20.9 Å². The van der Waals surface area contributed by atoms with E-state index >= 15 is 0 Å². The summed E-state index contributed by atoms with van der Waals surface area (Å²) in [6.45, 7) is 7.53. The highest BCUT2D eigenvalue weighted by molar-refractivity contribution is 6.00. The predicted molar refractivity (Wildman–Crippen MR) is 133 cm³/mol. The number of rotatable bonds is 4. The monoisotopic (exact) mass is 448 g/mol. The van der Waals surface area contributed by atoms with Gasteiger partial charge in [0, 0.05) is 30.4 Å². The zero-order chi connectivity index (χ0) is 23.4. The zero-order valence-corrected chi connectivity index (χ0v) is 20.0. The largest absolute Gasteiger partial charge is 0.371 e. The topological polar surface area (TPSA) is 73.5 Å². The van der Waals surface area contributed by atoms with Crippen LogP contribution in [0.1, 0.15) is 74.0 Å². The number of benzene rings is 2. The molecule has 0 aromatic heterocycles. The van der Waals surface area contributed by atoms with E-state index in [2.05, 4.69) is 45.1 Å². The van der Waals surface area contributed by atoms with E-state index in [0.717, 1.165) is 56.4 Å². The Hall–Kier alpha value is -3.02. The van der Waals surface area contributed by atoms with E-state index in [1.807, 2.05) is 45.0 Å². The maximum Gasteiger partial charge on any atom is 0.315 e. The summed E-state index contributed by atoms with van der Waals surface area (Å²) in [7, 11) is 0. The van der Waals surface area contributed by atoms with Gasteiger partial charge in [-0.05, 0) is 76.1 Å². The first-order valence-corrected chi connectivity index (χ1v) is 12.1. The molecule has 0 unspecified atom stereocenters. The minimum Gasteiger partial charge on any atom is -0.371 e. The van der Waals surface area contributed by atoms with Crippen molar-refractivity contribution in [2.24, 2.45) is 0 Å². The Morgan fingerprint density at radius 2 is 1.61 bits per heavy atom. The lowest BCUT2D eigenvalue weighted by Gasteiger charge is -2.35. The first-order valence-electron chi connectivity index (χ1n) is 12.1. The number of nitrogens with zero attached hydrogens (tertiary/aromatic N) is 1. The van der Waals surface area contributed by atoms with Crippen LogP contribution in [-0.2, 0) is 6.42 Å². The average molecular weight is 449 g/mol. The summed E-state index contributed by atoms with van der Waals surface area (Å²) in [4.78, 5) is 27.8. The lowest BCUT2D eigenvalue weighted by atomic mass is 9.87. The molecule has 33 heavy (non-hydrogen) atoms. The molecule has 1 saturated heterocycles. The van der Waals surface area contributed by atoms with Gasteiger partial charge in [-0.15, -0.1) is 0 Å². The van der Waals surface area contributed by atoms with Crippen LogP contribution in [0, 0.1) is 0 Å². The molecule has 0 spiro atoms. The minimum absolute atomic E-state index is 0.0166. The van der Waals surface area contributed by atoms with Crippen LogP contribution in [0.15, 0.2) is 48.5 Å². The molecule has 2 aromatic rings. The molecule has 1 aliphatic carbocycles. The van der Waals surface area contributed by atoms with Crippen LogP contribution in [0.2, 0.25) is 0 Å². The number of anilines is 1. The van der Waals surface area contributed by atoms with Crippen LogP contribution in [-0.4, -0.2) is 36.6 Å². The number of hydrogen-bond acceptors (Lipinski definition) is 3. The fourth-order valence-corrected chi connectivity index (χ4v) is 4.91. The van der Waals surface area contributed by atoms with Gasteiger partial charge in [0.15, 0.2) is 0 Å². The van der Waals surface area contributed by atoms with Crippen LogP contribution in [0.25, 0.3) is 0 Å². The van der Waals surface area contributed by atoms with E-state index in [9.17, 15) is 9.59 Å². The highest BCUT2D eigenvalue weighted by Crippen LogP contribution is 2.31. The van der Waals surface area contributed by atoms with Gasteiger partial charge in [-0.1, -0.05) is 36.4 Å². The second kappa shape index (κ2) is 9.86. The Morgan fingerprint density at radius 1 is 0.909 bits per heavy atom. The van der Waals surface area contributed by atoms with Crippen LogP contribution < -0.4 is 20.9 Å². The third-order valence-corrected chi connectivity index (χ3v) is 6.48. The standard InChI is InChI=1S/C27H36N4O2/c1-27(2,3)30-26(33)28-20-15-17-31(18-16-20)24-14-7-6-12-22(24)25(32)29-23-13-8-10-19-9-4-5-11-21(19)23/h4-7,9,11-12,14,20,23H,8,10,13,15-18H2,1-3H3,(H,29,32)(H2,28,30,33)/t23-/m0/s1. The maximum atomic E-state index is 13.3. The van der Waals surface area contributed by atoms with E-state index in [1.165, 1.54) is 11.1 Å². The van der Waals surface area contributed by atoms with Gasteiger partial charge in [0.25, 0.3) is 5.91 Å². The van der Waals surface area contributed by atoms with E-state index in [1.54, 1.807) is 0 Å². The van der Waals surface area contributed by atoms with Crippen molar-refractivity contribution < 1.29 is 9.59 Å². The van der Waals surface area contributed by atoms with Crippen molar-refractivity contribution in [2.75, 3.05) is 18.0 Å². The molecule has 0 saturated carbocycles. The minimum atomic E-state index is -0.254. The fourth-order valence-electron chi connectivity index (χ4n) is 4.91. The molecule has 0 radical (unpaired) electrons. The van der Waals surface area contributed by atoms with E-state index in [4.69, 9.17) is 0 Å². The van der Waals surface area contributed by atoms with Gasteiger partial charge in [-0.25, -0.2) is 4.79 Å². The molecule has 6 heteroatoms. The fraction of sp³-hybridized carbons (Fsp3) is 0.481. The van der Waals surface area contributed by atoms with Gasteiger partial charge in [-0.3, -0.25) is 4.79 Å². The third kappa shape index (κ3) is 5.86. The highest BCUT2D eigenvalue weighted by atomic mass is 16.2. The lowest BCUT2D eigenvalue weighted by Crippen LogP contribution is -2.52. The first kappa shape index (κ1) is 23.1. The van der Waals surface area contributed by atoms with Gasteiger partial charge in [0.05, 0.1) is 11.6 Å². The summed E-state index contributed by atoms with van der Waals surface area (Å²) < 4.78 is 0. The smallest absolute Gasteiger partial charge is 0.315 e. The molecular formula is C27H36N4O2. The molecule has 3 amide bonds. The second-order valence-electron chi connectivity index (χ2n) is 10.2. The number of amides is 3. The van der Waals surface area contributed by atoms with E-state index in [0.29, 0.717) is 0 Å². The Bertz CT molecular complexity index is 990. The molecule has 176 valence electrons. The molecule has 2 aromatic carbocycles. The molecule has 1 fully saturated rings. The van der Waals surface area contributed by atoms with Crippen LogP contribution in [0.3, 0.4) is 0 Å². The number of nitrogens with one attached hydrogen (secondary N) is 3. The predicted octanol–water partition coefficient (Wildman–Crippen LogP) is 4.56. The van der Waals surface area contributed by atoms with Crippen molar-refractivity contribution in [3.8, 4) is 0 Å². The van der Waals surface area contributed by atoms with Crippen LogP contribution in [0.5, 0.6) is 0 Å². The van der Waals surface area contributed by atoms with Crippen molar-refractivity contribution in [3.05, 3.63) is 65.2 Å². The number of para-hydroxylation sites is 1. The summed E-state index contributed by atoms with van der Waals surface area (Å²) in [5, 5.41) is 9.35. The summed E-state index contributed by atoms with van der Waals surface area (Å²) >= 11 is 0. The molecule has 3 N–H and O–H groups in total. The summed E-state index contributed by atoms with van der Waals surface area (Å²) in [6.07, 6.45) is 4.84. The zero-order valence-electron chi connectivity index (χ0n) is 20.0. The van der Waals surface area contributed by atoms with Crippen LogP contribution >= 0.6 is 0 Å². The molecule has 4 rings (SSSR count). The number of hydrogen-bond donors (Lipinski definition) is 3. The number of urea groups is 1. The third-order valence-electron chi connectivity index (χ3n) is 6.48. The Kier molecular flexibility index (Phi) is 6.91. The van der Waals surface area contributed by atoms with E-state index in [-0.39, 0.29) is 29.6 Å². The number of aryl methyl sites for hydroxylation is 1.